The molecule has 0 aliphatic heterocycles. The Kier molecular flexibility index (Phi) is 3.80. The fraction of sp³-hybridized carbons (Fsp3) is 0.909. The molecule has 25 heavy (non-hydrogen) atoms. The number of methoxy groups -OCH3 is 1. The number of fused-ring (bicyclic) bond motifs is 2. The van der Waals surface area contributed by atoms with Gasteiger partial charge in [0, 0.05) is 12.3 Å². The van der Waals surface area contributed by atoms with Gasteiger partial charge >= 0.3 is 5.97 Å². The molecule has 6 aliphatic rings. The number of hydrogen-bond acceptors (Lipinski definition) is 3. The summed E-state index contributed by atoms with van der Waals surface area (Å²) in [6.07, 6.45) is 13.1. The number of carbonyl (C=O) groups is 2. The quantitative estimate of drug-likeness (QED) is 0.663. The Balaban J connectivity index is 1.49. The summed E-state index contributed by atoms with van der Waals surface area (Å²) in [5.41, 5.74) is 0.302. The lowest BCUT2D eigenvalue weighted by Crippen LogP contribution is -2.62. The van der Waals surface area contributed by atoms with Crippen molar-refractivity contribution < 1.29 is 14.3 Å². The van der Waals surface area contributed by atoms with E-state index in [1.54, 1.807) is 7.11 Å². The van der Waals surface area contributed by atoms with Gasteiger partial charge in [0.1, 0.15) is 5.78 Å². The van der Waals surface area contributed by atoms with Gasteiger partial charge in [-0.05, 0) is 92.8 Å². The smallest absolute Gasteiger partial charge is 0.308 e. The van der Waals surface area contributed by atoms with Crippen molar-refractivity contribution in [2.75, 3.05) is 7.11 Å². The molecule has 8 unspecified atom stereocenters. The van der Waals surface area contributed by atoms with Crippen molar-refractivity contribution >= 4 is 11.8 Å². The Morgan fingerprint density at radius 1 is 1.00 bits per heavy atom. The van der Waals surface area contributed by atoms with Crippen LogP contribution in [-0.4, -0.2) is 18.9 Å². The molecule has 0 aromatic carbocycles. The van der Waals surface area contributed by atoms with Gasteiger partial charge in [0.2, 0.25) is 0 Å². The zero-order valence-corrected chi connectivity index (χ0v) is 15.5. The Labute approximate surface area is 151 Å². The molecule has 0 heterocycles. The van der Waals surface area contributed by atoms with E-state index >= 15 is 0 Å². The third kappa shape index (κ3) is 2.16. The minimum Gasteiger partial charge on any atom is -0.469 e. The number of hydrogen-bond donors (Lipinski definition) is 0. The summed E-state index contributed by atoms with van der Waals surface area (Å²) in [6.45, 7) is 0. The van der Waals surface area contributed by atoms with Crippen molar-refractivity contribution in [3.05, 3.63) is 0 Å². The molecule has 0 N–H and O–H groups in total. The van der Waals surface area contributed by atoms with Crippen LogP contribution < -0.4 is 0 Å². The van der Waals surface area contributed by atoms with Crippen molar-refractivity contribution in [1.82, 2.24) is 0 Å². The van der Waals surface area contributed by atoms with Crippen molar-refractivity contribution in [2.24, 2.45) is 46.8 Å². The molecule has 1 spiro atoms. The summed E-state index contributed by atoms with van der Waals surface area (Å²) in [7, 11) is 1.55. The number of ether oxygens (including phenoxy) is 1. The fourth-order valence-corrected chi connectivity index (χ4v) is 8.58. The Morgan fingerprint density at radius 2 is 1.80 bits per heavy atom. The second kappa shape index (κ2) is 5.82. The zero-order valence-electron chi connectivity index (χ0n) is 15.5. The molecule has 8 atom stereocenters. The van der Waals surface area contributed by atoms with Crippen LogP contribution in [0.2, 0.25) is 0 Å². The van der Waals surface area contributed by atoms with Gasteiger partial charge in [0.15, 0.2) is 0 Å². The molecule has 0 saturated heterocycles. The zero-order chi connectivity index (χ0) is 17.2. The van der Waals surface area contributed by atoms with Crippen LogP contribution in [0.15, 0.2) is 0 Å². The number of rotatable bonds is 1. The summed E-state index contributed by atoms with van der Waals surface area (Å²) in [6, 6.07) is 0. The van der Waals surface area contributed by atoms with E-state index in [9.17, 15) is 9.59 Å². The van der Waals surface area contributed by atoms with E-state index in [4.69, 9.17) is 4.74 Å². The maximum Gasteiger partial charge on any atom is 0.308 e. The minimum absolute atomic E-state index is 0.0261. The average Bonchev–Trinajstić information content (AvgIpc) is 2.66. The van der Waals surface area contributed by atoms with Crippen LogP contribution in [0.25, 0.3) is 0 Å². The van der Waals surface area contributed by atoms with Crippen LogP contribution in [0.1, 0.15) is 70.6 Å². The number of ketones is 1. The van der Waals surface area contributed by atoms with E-state index < -0.39 is 0 Å². The molecule has 6 aliphatic carbocycles. The maximum absolute atomic E-state index is 13.0. The molecule has 3 heteroatoms. The molecule has 0 aromatic rings. The van der Waals surface area contributed by atoms with E-state index in [1.807, 2.05) is 0 Å². The molecule has 138 valence electrons. The first-order chi connectivity index (χ1) is 12.2. The topological polar surface area (TPSA) is 43.4 Å². The lowest BCUT2D eigenvalue weighted by Gasteiger charge is -2.67. The lowest BCUT2D eigenvalue weighted by molar-refractivity contribution is -0.193. The standard InChI is InChI=1S/C22H32O3/c1-25-21(24)17-6-2-5-16-15(17)9-11-22-10-8-13(12-18(16)22)14-4-3-7-19(23)20(14)22/h13-18,20H,2-12H2,1H3. The molecular weight excluding hydrogens is 312 g/mol. The predicted molar refractivity (Wildman–Crippen MR) is 94.7 cm³/mol. The molecule has 3 nitrogen and oxygen atoms in total. The fourth-order valence-electron chi connectivity index (χ4n) is 8.58. The maximum atomic E-state index is 13.0. The molecule has 0 amide bonds. The third-order valence-corrected chi connectivity index (χ3v) is 9.32. The third-order valence-electron chi connectivity index (χ3n) is 9.32. The monoisotopic (exact) mass is 344 g/mol. The average molecular weight is 344 g/mol. The van der Waals surface area contributed by atoms with Crippen molar-refractivity contribution in [3.8, 4) is 0 Å². The van der Waals surface area contributed by atoms with Crippen LogP contribution in [0, 0.1) is 46.8 Å². The molecule has 0 aromatic heterocycles. The summed E-state index contributed by atoms with van der Waals surface area (Å²) in [5.74, 6) is 4.51. The SMILES string of the molecule is COC(=O)C1CCCC2C1CCC13CCC(CC21)C1CCCC(=O)C13. The second-order valence-electron chi connectivity index (χ2n) is 9.80. The highest BCUT2D eigenvalue weighted by molar-refractivity contribution is 5.83. The van der Waals surface area contributed by atoms with E-state index in [-0.39, 0.29) is 11.9 Å². The van der Waals surface area contributed by atoms with Crippen molar-refractivity contribution in [2.45, 2.75) is 70.6 Å². The van der Waals surface area contributed by atoms with Gasteiger partial charge < -0.3 is 4.74 Å². The van der Waals surface area contributed by atoms with Crippen LogP contribution in [0.4, 0.5) is 0 Å². The lowest BCUT2D eigenvalue weighted by atomic mass is 9.37. The number of Topliss-reactive ketones (excluding diaryl/α,β-unsaturated/α-hetero) is 1. The van der Waals surface area contributed by atoms with E-state index in [0.29, 0.717) is 40.8 Å². The highest BCUT2D eigenvalue weighted by Crippen LogP contribution is 2.70. The summed E-state index contributed by atoms with van der Waals surface area (Å²) < 4.78 is 5.14. The number of esters is 1. The first-order valence-corrected chi connectivity index (χ1v) is 10.8. The van der Waals surface area contributed by atoms with Crippen molar-refractivity contribution in [3.63, 3.8) is 0 Å². The highest BCUT2D eigenvalue weighted by atomic mass is 16.5. The first-order valence-electron chi connectivity index (χ1n) is 10.8. The largest absolute Gasteiger partial charge is 0.469 e. The molecule has 6 fully saturated rings. The number of carbonyl (C=O) groups excluding carboxylic acids is 2. The molecule has 6 saturated carbocycles. The van der Waals surface area contributed by atoms with E-state index in [1.165, 1.54) is 44.9 Å². The Hall–Kier alpha value is -0.860. The molecule has 0 radical (unpaired) electrons. The molecular formula is C22H32O3. The summed E-state index contributed by atoms with van der Waals surface area (Å²) in [5, 5.41) is 0. The second-order valence-corrected chi connectivity index (χ2v) is 9.80. The predicted octanol–water partition coefficient (Wildman–Crippen LogP) is 4.39. The minimum atomic E-state index is 0.0261. The van der Waals surface area contributed by atoms with E-state index in [0.717, 1.165) is 31.6 Å². The summed E-state index contributed by atoms with van der Waals surface area (Å²) >= 11 is 0. The normalized spacial score (nSPS) is 51.2. The Morgan fingerprint density at radius 3 is 2.64 bits per heavy atom. The van der Waals surface area contributed by atoms with Crippen LogP contribution in [-0.2, 0) is 14.3 Å². The molecule has 2 bridgehead atoms. The Bertz CT molecular complexity index is 584. The van der Waals surface area contributed by atoms with Gasteiger partial charge in [-0.2, -0.15) is 0 Å². The van der Waals surface area contributed by atoms with Crippen LogP contribution in [0.5, 0.6) is 0 Å². The van der Waals surface area contributed by atoms with Gasteiger partial charge in [-0.15, -0.1) is 0 Å². The van der Waals surface area contributed by atoms with Gasteiger partial charge in [-0.1, -0.05) is 6.42 Å². The van der Waals surface area contributed by atoms with E-state index in [2.05, 4.69) is 0 Å². The van der Waals surface area contributed by atoms with Crippen LogP contribution >= 0.6 is 0 Å². The first kappa shape index (κ1) is 16.3. The highest BCUT2D eigenvalue weighted by Gasteiger charge is 2.65. The van der Waals surface area contributed by atoms with Gasteiger partial charge in [0.05, 0.1) is 13.0 Å². The van der Waals surface area contributed by atoms with Gasteiger partial charge in [-0.25, -0.2) is 0 Å². The molecule has 6 rings (SSSR count). The van der Waals surface area contributed by atoms with Gasteiger partial charge in [-0.3, -0.25) is 9.59 Å². The van der Waals surface area contributed by atoms with Crippen molar-refractivity contribution in [1.29, 1.82) is 0 Å². The van der Waals surface area contributed by atoms with Crippen LogP contribution in [0.3, 0.4) is 0 Å². The summed E-state index contributed by atoms with van der Waals surface area (Å²) in [4.78, 5) is 25.3. The van der Waals surface area contributed by atoms with Gasteiger partial charge in [0.25, 0.3) is 0 Å².